The number of anilines is 2. The van der Waals surface area contributed by atoms with Gasteiger partial charge in [-0.25, -0.2) is 4.98 Å². The first-order valence-corrected chi connectivity index (χ1v) is 12.4. The van der Waals surface area contributed by atoms with Crippen LogP contribution in [0.2, 0.25) is 0 Å². The lowest BCUT2D eigenvalue weighted by molar-refractivity contribution is -0.116. The molecule has 4 aromatic rings. The van der Waals surface area contributed by atoms with E-state index in [0.29, 0.717) is 23.4 Å². The number of H-pyrrole nitrogens is 1. The minimum absolute atomic E-state index is 0.0397. The van der Waals surface area contributed by atoms with Crippen LogP contribution in [0, 0.1) is 0 Å². The Balaban J connectivity index is 1.37. The van der Waals surface area contributed by atoms with E-state index in [1.54, 1.807) is 31.4 Å². The monoisotopic (exact) mass is 484 g/mol. The molecule has 186 valence electrons. The van der Waals surface area contributed by atoms with Gasteiger partial charge in [-0.05, 0) is 73.2 Å². The first kappa shape index (κ1) is 25.0. The van der Waals surface area contributed by atoms with E-state index in [1.165, 1.54) is 19.3 Å². The fraction of sp³-hybridized carbons (Fsp3) is 0.276. The molecule has 2 amide bonds. The highest BCUT2D eigenvalue weighted by molar-refractivity contribution is 6.04. The summed E-state index contributed by atoms with van der Waals surface area (Å²) in [4.78, 5) is 32.8. The number of hydrogen-bond donors (Lipinski definition) is 3. The number of nitrogens with one attached hydrogen (secondary N) is 3. The molecule has 3 N–H and O–H groups in total. The number of hydrogen-bond acceptors (Lipinski definition) is 4. The van der Waals surface area contributed by atoms with Crippen molar-refractivity contribution in [2.45, 2.75) is 45.4 Å². The lowest BCUT2D eigenvalue weighted by Gasteiger charge is -2.07. The number of nitrogens with zero attached hydrogens (tertiary/aromatic N) is 1. The van der Waals surface area contributed by atoms with Gasteiger partial charge in [-0.2, -0.15) is 0 Å². The van der Waals surface area contributed by atoms with Gasteiger partial charge in [0.25, 0.3) is 5.91 Å². The second-order valence-corrected chi connectivity index (χ2v) is 8.79. The summed E-state index contributed by atoms with van der Waals surface area (Å²) in [5.74, 6) is 1.27. The molecule has 0 radical (unpaired) electrons. The van der Waals surface area contributed by atoms with Gasteiger partial charge in [0.15, 0.2) is 0 Å². The van der Waals surface area contributed by atoms with Gasteiger partial charge in [-0.1, -0.05) is 32.6 Å². The Morgan fingerprint density at radius 2 is 1.58 bits per heavy atom. The van der Waals surface area contributed by atoms with Crippen molar-refractivity contribution in [2.75, 3.05) is 17.7 Å². The molecule has 1 heterocycles. The number of carbonyl (C=O) groups is 2. The van der Waals surface area contributed by atoms with Crippen molar-refractivity contribution in [1.82, 2.24) is 9.97 Å². The Hall–Kier alpha value is -4.13. The average Bonchev–Trinajstić information content (AvgIpc) is 3.32. The van der Waals surface area contributed by atoms with Crippen molar-refractivity contribution in [3.05, 3.63) is 72.3 Å². The molecule has 7 nitrogen and oxygen atoms in total. The summed E-state index contributed by atoms with van der Waals surface area (Å²) in [6.45, 7) is 2.18. The molecule has 4 rings (SSSR count). The first-order chi connectivity index (χ1) is 17.6. The van der Waals surface area contributed by atoms with E-state index in [2.05, 4.69) is 27.5 Å². The second kappa shape index (κ2) is 12.0. The van der Waals surface area contributed by atoms with E-state index in [4.69, 9.17) is 4.74 Å². The number of imidazole rings is 1. The smallest absolute Gasteiger partial charge is 0.255 e. The maximum absolute atomic E-state index is 12.5. The molecule has 0 saturated heterocycles. The van der Waals surface area contributed by atoms with Crippen LogP contribution < -0.4 is 15.4 Å². The zero-order chi connectivity index (χ0) is 25.3. The molecule has 0 fully saturated rings. The van der Waals surface area contributed by atoms with Gasteiger partial charge >= 0.3 is 0 Å². The van der Waals surface area contributed by atoms with Crippen molar-refractivity contribution in [1.29, 1.82) is 0 Å². The third-order valence-corrected chi connectivity index (χ3v) is 6.04. The quantitative estimate of drug-likeness (QED) is 0.204. The number of methoxy groups -OCH3 is 1. The standard InChI is InChI=1S/C29H32N4O3/c1-3-4-5-6-7-8-27(34)30-23-15-18-25-26(19-23)33-28(32-25)20-9-13-22(14-10-20)31-29(35)21-11-16-24(36-2)17-12-21/h9-19H,3-8H2,1-2H3,(H,30,34)(H,31,35)(H,32,33). The number of amides is 2. The van der Waals surface area contributed by atoms with Crippen molar-refractivity contribution in [2.24, 2.45) is 0 Å². The molecular weight excluding hydrogens is 452 g/mol. The lowest BCUT2D eigenvalue weighted by Crippen LogP contribution is -2.11. The summed E-state index contributed by atoms with van der Waals surface area (Å²) in [6, 6.07) is 20.1. The molecule has 0 unspecified atom stereocenters. The van der Waals surface area contributed by atoms with Crippen LogP contribution in [0.15, 0.2) is 66.7 Å². The van der Waals surface area contributed by atoms with Crippen LogP contribution in [-0.2, 0) is 4.79 Å². The van der Waals surface area contributed by atoms with Gasteiger partial charge in [0.1, 0.15) is 11.6 Å². The molecule has 0 aliphatic carbocycles. The van der Waals surface area contributed by atoms with Gasteiger partial charge in [0.05, 0.1) is 18.1 Å². The van der Waals surface area contributed by atoms with Gasteiger partial charge in [0, 0.05) is 28.9 Å². The second-order valence-electron chi connectivity index (χ2n) is 8.79. The summed E-state index contributed by atoms with van der Waals surface area (Å²) < 4.78 is 5.13. The largest absolute Gasteiger partial charge is 0.497 e. The number of benzene rings is 3. The van der Waals surface area contributed by atoms with Crippen molar-refractivity contribution >= 4 is 34.2 Å². The summed E-state index contributed by atoms with van der Waals surface area (Å²) in [7, 11) is 1.59. The fourth-order valence-corrected chi connectivity index (χ4v) is 3.99. The zero-order valence-electron chi connectivity index (χ0n) is 20.8. The normalized spacial score (nSPS) is 10.8. The summed E-state index contributed by atoms with van der Waals surface area (Å²) in [6.07, 6.45) is 6.15. The number of aromatic amines is 1. The molecule has 36 heavy (non-hydrogen) atoms. The number of rotatable bonds is 11. The molecule has 0 spiro atoms. The van der Waals surface area contributed by atoms with Crippen LogP contribution in [0.1, 0.15) is 55.8 Å². The van der Waals surface area contributed by atoms with Gasteiger partial charge in [-0.3, -0.25) is 9.59 Å². The number of ether oxygens (including phenoxy) is 1. The molecule has 0 atom stereocenters. The Morgan fingerprint density at radius 3 is 2.31 bits per heavy atom. The van der Waals surface area contributed by atoms with Gasteiger partial charge < -0.3 is 20.4 Å². The molecule has 7 heteroatoms. The predicted octanol–water partition coefficient (Wildman–Crippen LogP) is 6.79. The highest BCUT2D eigenvalue weighted by Crippen LogP contribution is 2.24. The first-order valence-electron chi connectivity index (χ1n) is 12.4. The number of carbonyl (C=O) groups excluding carboxylic acids is 2. The Bertz CT molecular complexity index is 1310. The molecule has 0 aliphatic heterocycles. The van der Waals surface area contributed by atoms with Crippen LogP contribution >= 0.6 is 0 Å². The Kier molecular flexibility index (Phi) is 8.34. The van der Waals surface area contributed by atoms with Crippen LogP contribution in [0.5, 0.6) is 5.75 Å². The van der Waals surface area contributed by atoms with Crippen LogP contribution in [-0.4, -0.2) is 28.9 Å². The maximum Gasteiger partial charge on any atom is 0.255 e. The molecule has 3 aromatic carbocycles. The van der Waals surface area contributed by atoms with E-state index in [9.17, 15) is 9.59 Å². The minimum atomic E-state index is -0.190. The lowest BCUT2D eigenvalue weighted by atomic mass is 10.1. The van der Waals surface area contributed by atoms with Crippen molar-refractivity contribution < 1.29 is 14.3 Å². The molecule has 0 aliphatic rings. The number of aromatic nitrogens is 2. The van der Waals surface area contributed by atoms with E-state index in [1.807, 2.05) is 42.5 Å². The molecule has 0 bridgehead atoms. The third-order valence-electron chi connectivity index (χ3n) is 6.04. The van der Waals surface area contributed by atoms with E-state index in [0.717, 1.165) is 41.0 Å². The number of fused-ring (bicyclic) bond motifs is 1. The zero-order valence-corrected chi connectivity index (χ0v) is 20.8. The SMILES string of the molecule is CCCCCCCC(=O)Nc1ccc2nc(-c3ccc(NC(=O)c4ccc(OC)cc4)cc3)[nH]c2c1. The highest BCUT2D eigenvalue weighted by atomic mass is 16.5. The number of unbranched alkanes of at least 4 members (excludes halogenated alkanes) is 4. The van der Waals surface area contributed by atoms with Crippen LogP contribution in [0.3, 0.4) is 0 Å². The Morgan fingerprint density at radius 1 is 0.861 bits per heavy atom. The summed E-state index contributed by atoms with van der Waals surface area (Å²) >= 11 is 0. The van der Waals surface area contributed by atoms with Crippen LogP contribution in [0.25, 0.3) is 22.4 Å². The minimum Gasteiger partial charge on any atom is -0.497 e. The maximum atomic E-state index is 12.5. The van der Waals surface area contributed by atoms with Crippen molar-refractivity contribution in [3.8, 4) is 17.1 Å². The summed E-state index contributed by atoms with van der Waals surface area (Å²) in [5, 5.41) is 5.89. The van der Waals surface area contributed by atoms with E-state index < -0.39 is 0 Å². The van der Waals surface area contributed by atoms with Crippen LogP contribution in [0.4, 0.5) is 11.4 Å². The topological polar surface area (TPSA) is 96.1 Å². The van der Waals surface area contributed by atoms with Gasteiger partial charge in [0.2, 0.25) is 5.91 Å². The van der Waals surface area contributed by atoms with E-state index >= 15 is 0 Å². The van der Waals surface area contributed by atoms with E-state index in [-0.39, 0.29) is 11.8 Å². The average molecular weight is 485 g/mol. The summed E-state index contributed by atoms with van der Waals surface area (Å²) in [5.41, 5.74) is 4.56. The third kappa shape index (κ3) is 6.50. The molecule has 0 saturated carbocycles. The predicted molar refractivity (Wildman–Crippen MR) is 144 cm³/mol. The van der Waals surface area contributed by atoms with Gasteiger partial charge in [-0.15, -0.1) is 0 Å². The fourth-order valence-electron chi connectivity index (χ4n) is 3.99. The molecular formula is C29H32N4O3. The highest BCUT2D eigenvalue weighted by Gasteiger charge is 2.10. The Labute approximate surface area is 211 Å². The van der Waals surface area contributed by atoms with Crippen molar-refractivity contribution in [3.63, 3.8) is 0 Å². The molecule has 1 aromatic heterocycles.